The minimum atomic E-state index is -0.466. The van der Waals surface area contributed by atoms with Gasteiger partial charge in [0.2, 0.25) is 5.91 Å². The van der Waals surface area contributed by atoms with Gasteiger partial charge in [0.1, 0.15) is 5.75 Å². The fourth-order valence-corrected chi connectivity index (χ4v) is 2.41. The van der Waals surface area contributed by atoms with Gasteiger partial charge in [-0.15, -0.1) is 0 Å². The third-order valence-electron chi connectivity index (χ3n) is 3.87. The van der Waals surface area contributed by atoms with Gasteiger partial charge in [0.05, 0.1) is 7.11 Å². The highest BCUT2D eigenvalue weighted by molar-refractivity contribution is 5.98. The van der Waals surface area contributed by atoms with Crippen molar-refractivity contribution in [2.24, 2.45) is 5.92 Å². The molecule has 0 aliphatic rings. The highest BCUT2D eigenvalue weighted by atomic mass is 16.5. The molecule has 152 valence electrons. The van der Waals surface area contributed by atoms with Crippen LogP contribution in [-0.4, -0.2) is 24.8 Å². The van der Waals surface area contributed by atoms with E-state index in [2.05, 4.69) is 16.2 Å². The molecule has 3 N–H and O–H groups in total. The zero-order valence-corrected chi connectivity index (χ0v) is 16.7. The van der Waals surface area contributed by atoms with E-state index in [9.17, 15) is 14.4 Å². The van der Waals surface area contributed by atoms with Crippen molar-refractivity contribution in [2.75, 3.05) is 12.4 Å². The quantitative estimate of drug-likeness (QED) is 0.496. The molecular weight excluding hydrogens is 370 g/mol. The molecule has 0 heterocycles. The first-order chi connectivity index (χ1) is 13.9. The second-order valence-corrected chi connectivity index (χ2v) is 6.77. The Morgan fingerprint density at radius 2 is 1.62 bits per heavy atom. The lowest BCUT2D eigenvalue weighted by molar-refractivity contribution is -0.117. The number of methoxy groups -OCH3 is 1. The first kappa shape index (κ1) is 21.7. The highest BCUT2D eigenvalue weighted by Crippen LogP contribution is 2.12. The van der Waals surface area contributed by atoms with Gasteiger partial charge in [0.25, 0.3) is 11.8 Å². The van der Waals surface area contributed by atoms with E-state index in [1.165, 1.54) is 6.08 Å². The molecule has 2 aromatic carbocycles. The van der Waals surface area contributed by atoms with E-state index in [-0.39, 0.29) is 11.8 Å². The Bertz CT molecular complexity index is 872. The van der Waals surface area contributed by atoms with Crippen LogP contribution >= 0.6 is 0 Å². The van der Waals surface area contributed by atoms with Crippen LogP contribution in [-0.2, 0) is 9.59 Å². The monoisotopic (exact) mass is 395 g/mol. The topological polar surface area (TPSA) is 96.5 Å². The molecule has 0 radical (unpaired) electrons. The van der Waals surface area contributed by atoms with Gasteiger partial charge in [-0.05, 0) is 54.0 Å². The summed E-state index contributed by atoms with van der Waals surface area (Å²) in [4.78, 5) is 35.7. The summed E-state index contributed by atoms with van der Waals surface area (Å²) in [7, 11) is 1.58. The molecule has 2 rings (SSSR count). The number of nitrogens with one attached hydrogen (secondary N) is 3. The van der Waals surface area contributed by atoms with E-state index in [4.69, 9.17) is 4.74 Å². The molecule has 0 fully saturated rings. The molecule has 0 aromatic heterocycles. The summed E-state index contributed by atoms with van der Waals surface area (Å²) in [6, 6.07) is 13.6. The Morgan fingerprint density at radius 3 is 2.21 bits per heavy atom. The minimum Gasteiger partial charge on any atom is -0.497 e. The van der Waals surface area contributed by atoms with E-state index in [1.807, 2.05) is 26.0 Å². The van der Waals surface area contributed by atoms with Crippen LogP contribution in [0.3, 0.4) is 0 Å². The number of hydrazine groups is 1. The fraction of sp³-hybridized carbons (Fsp3) is 0.227. The number of carbonyl (C=O) groups excluding carboxylic acids is 3. The van der Waals surface area contributed by atoms with Gasteiger partial charge in [-0.2, -0.15) is 0 Å². The van der Waals surface area contributed by atoms with Crippen molar-refractivity contribution in [3.63, 3.8) is 0 Å². The van der Waals surface area contributed by atoms with Gasteiger partial charge < -0.3 is 10.1 Å². The van der Waals surface area contributed by atoms with E-state index in [0.29, 0.717) is 17.7 Å². The van der Waals surface area contributed by atoms with Crippen molar-refractivity contribution in [1.29, 1.82) is 0 Å². The van der Waals surface area contributed by atoms with Crippen molar-refractivity contribution in [1.82, 2.24) is 10.9 Å². The third-order valence-corrected chi connectivity index (χ3v) is 3.87. The van der Waals surface area contributed by atoms with E-state index < -0.39 is 11.8 Å². The van der Waals surface area contributed by atoms with Gasteiger partial charge in [-0.1, -0.05) is 26.0 Å². The van der Waals surface area contributed by atoms with Gasteiger partial charge in [-0.3, -0.25) is 25.2 Å². The minimum absolute atomic E-state index is 0.0758. The molecule has 0 aliphatic carbocycles. The molecule has 0 saturated carbocycles. The third kappa shape index (κ3) is 7.50. The molecule has 3 amide bonds. The Balaban J connectivity index is 1.82. The summed E-state index contributed by atoms with van der Waals surface area (Å²) in [5.74, 6) is -0.0112. The number of carbonyl (C=O) groups is 3. The molecule has 0 atom stereocenters. The molecule has 0 aliphatic heterocycles. The lowest BCUT2D eigenvalue weighted by atomic mass is 10.1. The van der Waals surface area contributed by atoms with E-state index in [1.54, 1.807) is 49.6 Å². The van der Waals surface area contributed by atoms with Crippen molar-refractivity contribution in [2.45, 2.75) is 20.3 Å². The van der Waals surface area contributed by atoms with Crippen LogP contribution in [0.25, 0.3) is 6.08 Å². The number of anilines is 1. The summed E-state index contributed by atoms with van der Waals surface area (Å²) in [6.45, 7) is 3.93. The van der Waals surface area contributed by atoms with Gasteiger partial charge in [0, 0.05) is 23.7 Å². The Kier molecular flexibility index (Phi) is 7.97. The molecule has 7 heteroatoms. The van der Waals surface area contributed by atoms with Gasteiger partial charge in [0.15, 0.2) is 0 Å². The number of ether oxygens (including phenoxy) is 1. The largest absolute Gasteiger partial charge is 0.497 e. The number of benzene rings is 2. The molecule has 2 aromatic rings. The zero-order chi connectivity index (χ0) is 21.2. The molecule has 0 bridgehead atoms. The summed E-state index contributed by atoms with van der Waals surface area (Å²) in [5, 5.41) is 2.77. The molecule has 29 heavy (non-hydrogen) atoms. The zero-order valence-electron chi connectivity index (χ0n) is 16.7. The smallest absolute Gasteiger partial charge is 0.269 e. The first-order valence-corrected chi connectivity index (χ1v) is 9.19. The van der Waals surface area contributed by atoms with Crippen molar-refractivity contribution in [3.8, 4) is 5.75 Å². The highest BCUT2D eigenvalue weighted by Gasteiger charge is 2.08. The lowest BCUT2D eigenvalue weighted by Crippen LogP contribution is -2.40. The Labute approximate surface area is 170 Å². The van der Waals surface area contributed by atoms with Crippen LogP contribution in [0.5, 0.6) is 5.75 Å². The molecular formula is C22H25N3O4. The first-order valence-electron chi connectivity index (χ1n) is 9.19. The molecule has 0 unspecified atom stereocenters. The van der Waals surface area contributed by atoms with Gasteiger partial charge in [-0.25, -0.2) is 0 Å². The van der Waals surface area contributed by atoms with Crippen LogP contribution < -0.4 is 20.9 Å². The second-order valence-electron chi connectivity index (χ2n) is 6.77. The number of amides is 3. The second kappa shape index (κ2) is 10.7. The van der Waals surface area contributed by atoms with Crippen LogP contribution in [0.4, 0.5) is 5.69 Å². The predicted octanol–water partition coefficient (Wildman–Crippen LogP) is 3.15. The van der Waals surface area contributed by atoms with Crippen LogP contribution in [0.1, 0.15) is 36.2 Å². The van der Waals surface area contributed by atoms with Crippen LogP contribution in [0, 0.1) is 5.92 Å². The van der Waals surface area contributed by atoms with Crippen molar-refractivity contribution >= 4 is 29.5 Å². The van der Waals surface area contributed by atoms with Crippen LogP contribution in [0.15, 0.2) is 54.6 Å². The maximum atomic E-state index is 12.1. The molecule has 0 saturated heterocycles. The maximum absolute atomic E-state index is 12.1. The number of rotatable bonds is 7. The van der Waals surface area contributed by atoms with E-state index >= 15 is 0 Å². The Hall–Kier alpha value is -3.61. The fourth-order valence-electron chi connectivity index (χ4n) is 2.41. The summed E-state index contributed by atoms with van der Waals surface area (Å²) in [6.07, 6.45) is 3.36. The van der Waals surface area contributed by atoms with E-state index in [0.717, 1.165) is 11.3 Å². The predicted molar refractivity (Wildman–Crippen MR) is 112 cm³/mol. The molecule has 7 nitrogen and oxygen atoms in total. The number of hydrogen-bond acceptors (Lipinski definition) is 4. The van der Waals surface area contributed by atoms with Crippen molar-refractivity contribution < 1.29 is 19.1 Å². The summed E-state index contributed by atoms with van der Waals surface area (Å²) < 4.78 is 5.07. The summed E-state index contributed by atoms with van der Waals surface area (Å²) in [5.41, 5.74) is 6.45. The van der Waals surface area contributed by atoms with Gasteiger partial charge >= 0.3 is 0 Å². The molecule has 0 spiro atoms. The van der Waals surface area contributed by atoms with Crippen molar-refractivity contribution in [3.05, 3.63) is 65.7 Å². The normalized spacial score (nSPS) is 10.6. The standard InChI is InChI=1S/C22H25N3O4/c1-15(2)14-21(27)23-18-9-7-17(8-10-18)22(28)25-24-20(26)13-6-16-4-11-19(29-3)12-5-16/h4-13,15H,14H2,1-3H3,(H,23,27)(H,24,26)(H,25,28). The Morgan fingerprint density at radius 1 is 0.966 bits per heavy atom. The number of hydrogen-bond donors (Lipinski definition) is 3. The average Bonchev–Trinajstić information content (AvgIpc) is 2.70. The maximum Gasteiger partial charge on any atom is 0.269 e. The van der Waals surface area contributed by atoms with Crippen LogP contribution in [0.2, 0.25) is 0 Å². The SMILES string of the molecule is COc1ccc(C=CC(=O)NNC(=O)c2ccc(NC(=O)CC(C)C)cc2)cc1. The average molecular weight is 395 g/mol. The summed E-state index contributed by atoms with van der Waals surface area (Å²) >= 11 is 0. The lowest BCUT2D eigenvalue weighted by Gasteiger charge is -2.08.